The number of carbonyl (C=O) groups is 2. The molecule has 0 spiro atoms. The van der Waals surface area contributed by atoms with Crippen LogP contribution in [-0.4, -0.2) is 44.3 Å². The zero-order chi connectivity index (χ0) is 22.2. The van der Waals surface area contributed by atoms with Crippen LogP contribution in [0.15, 0.2) is 46.3 Å². The van der Waals surface area contributed by atoms with Crippen LogP contribution in [0.3, 0.4) is 0 Å². The molecule has 2 aromatic carbocycles. The van der Waals surface area contributed by atoms with E-state index in [2.05, 4.69) is 9.71 Å². The number of benzene rings is 2. The summed E-state index contributed by atoms with van der Waals surface area (Å²) in [5.74, 6) is -1.68. The SMILES string of the molecule is Cc1cc(C)cc(NS(=O)(=O)c2ccc3c(c2)C(=O)C(C(=O)N2CCCCC2)C=N3)c1. The highest BCUT2D eigenvalue weighted by Crippen LogP contribution is 2.30. The van der Waals surface area contributed by atoms with Gasteiger partial charge in [0.15, 0.2) is 5.78 Å². The zero-order valence-electron chi connectivity index (χ0n) is 17.6. The maximum absolute atomic E-state index is 13.1. The van der Waals surface area contributed by atoms with Crippen LogP contribution in [0.1, 0.15) is 40.7 Å². The Hall–Kier alpha value is -3.00. The number of amides is 1. The average Bonchev–Trinajstić information content (AvgIpc) is 2.73. The molecule has 1 atom stereocenters. The summed E-state index contributed by atoms with van der Waals surface area (Å²) in [5.41, 5.74) is 2.86. The summed E-state index contributed by atoms with van der Waals surface area (Å²) in [7, 11) is -3.91. The number of nitrogens with one attached hydrogen (secondary N) is 1. The number of likely N-dealkylation sites (tertiary alicyclic amines) is 1. The van der Waals surface area contributed by atoms with Crippen molar-refractivity contribution in [3.8, 4) is 0 Å². The van der Waals surface area contributed by atoms with Gasteiger partial charge in [0.1, 0.15) is 5.92 Å². The number of sulfonamides is 1. The van der Waals surface area contributed by atoms with Gasteiger partial charge in [0.05, 0.1) is 10.6 Å². The molecule has 8 heteroatoms. The lowest BCUT2D eigenvalue weighted by Gasteiger charge is -2.29. The number of anilines is 1. The van der Waals surface area contributed by atoms with E-state index in [1.165, 1.54) is 24.4 Å². The Morgan fingerprint density at radius 2 is 1.71 bits per heavy atom. The van der Waals surface area contributed by atoms with Gasteiger partial charge in [-0.2, -0.15) is 0 Å². The standard InChI is InChI=1S/C23H25N3O4S/c1-15-10-16(2)12-17(11-15)25-31(29,30)18-6-7-21-19(13-18)22(27)20(14-24-21)23(28)26-8-4-3-5-9-26/h6-7,10-14,20,25H,3-5,8-9H2,1-2H3. The lowest BCUT2D eigenvalue weighted by Crippen LogP contribution is -2.43. The van der Waals surface area contributed by atoms with E-state index in [0.29, 0.717) is 24.5 Å². The van der Waals surface area contributed by atoms with E-state index in [0.717, 1.165) is 30.4 Å². The van der Waals surface area contributed by atoms with Gasteiger partial charge in [0.2, 0.25) is 5.91 Å². The molecule has 2 aromatic rings. The molecule has 31 heavy (non-hydrogen) atoms. The number of carbonyl (C=O) groups excluding carboxylic acids is 2. The number of fused-ring (bicyclic) bond motifs is 1. The summed E-state index contributed by atoms with van der Waals surface area (Å²) in [6.07, 6.45) is 4.30. The molecule has 1 N–H and O–H groups in total. The van der Waals surface area contributed by atoms with E-state index >= 15 is 0 Å². The zero-order valence-corrected chi connectivity index (χ0v) is 18.4. The van der Waals surface area contributed by atoms with Crippen LogP contribution in [0.25, 0.3) is 0 Å². The Kier molecular flexibility index (Phi) is 5.66. The molecular weight excluding hydrogens is 414 g/mol. The highest BCUT2D eigenvalue weighted by molar-refractivity contribution is 7.92. The molecule has 1 unspecified atom stereocenters. The summed E-state index contributed by atoms with van der Waals surface area (Å²) >= 11 is 0. The van der Waals surface area contributed by atoms with Crippen molar-refractivity contribution in [2.45, 2.75) is 38.0 Å². The quantitative estimate of drug-likeness (QED) is 0.736. The predicted molar refractivity (Wildman–Crippen MR) is 120 cm³/mol. The van der Waals surface area contributed by atoms with Crippen molar-refractivity contribution in [3.63, 3.8) is 0 Å². The average molecular weight is 440 g/mol. The van der Waals surface area contributed by atoms with Crippen LogP contribution >= 0.6 is 0 Å². The first kappa shape index (κ1) is 21.2. The molecule has 1 fully saturated rings. The van der Waals surface area contributed by atoms with Crippen LogP contribution in [0.2, 0.25) is 0 Å². The fourth-order valence-electron chi connectivity index (χ4n) is 4.12. The number of piperidine rings is 1. The number of hydrogen-bond acceptors (Lipinski definition) is 5. The second-order valence-electron chi connectivity index (χ2n) is 8.17. The van der Waals surface area contributed by atoms with Gasteiger partial charge in [-0.05, 0) is 74.6 Å². The van der Waals surface area contributed by atoms with E-state index in [-0.39, 0.29) is 16.4 Å². The van der Waals surface area contributed by atoms with Crippen molar-refractivity contribution in [1.82, 2.24) is 4.90 Å². The molecule has 0 bridgehead atoms. The van der Waals surface area contributed by atoms with Crippen LogP contribution in [0.5, 0.6) is 0 Å². The van der Waals surface area contributed by atoms with Crippen LogP contribution in [0, 0.1) is 19.8 Å². The maximum atomic E-state index is 13.1. The van der Waals surface area contributed by atoms with Crippen molar-refractivity contribution in [2.24, 2.45) is 10.9 Å². The molecule has 162 valence electrons. The lowest BCUT2D eigenvalue weighted by atomic mass is 9.93. The Labute approximate surface area is 182 Å². The molecule has 2 aliphatic heterocycles. The third-order valence-corrected chi connectivity index (χ3v) is 6.98. The molecule has 0 saturated carbocycles. The summed E-state index contributed by atoms with van der Waals surface area (Å²) in [6.45, 7) is 5.05. The third-order valence-electron chi connectivity index (χ3n) is 5.60. The minimum Gasteiger partial charge on any atom is -0.342 e. The van der Waals surface area contributed by atoms with E-state index in [4.69, 9.17) is 0 Å². The Morgan fingerprint density at radius 1 is 1.03 bits per heavy atom. The van der Waals surface area contributed by atoms with Crippen LogP contribution < -0.4 is 4.72 Å². The molecule has 0 radical (unpaired) electrons. The monoisotopic (exact) mass is 439 g/mol. The van der Waals surface area contributed by atoms with E-state index in [1.54, 1.807) is 17.0 Å². The normalized spacial score (nSPS) is 18.6. The van der Waals surface area contributed by atoms with E-state index in [1.807, 2.05) is 19.9 Å². The first-order chi connectivity index (χ1) is 14.7. The van der Waals surface area contributed by atoms with E-state index in [9.17, 15) is 18.0 Å². The molecule has 0 aliphatic carbocycles. The molecule has 0 aromatic heterocycles. The second kappa shape index (κ2) is 8.26. The third kappa shape index (κ3) is 4.39. The van der Waals surface area contributed by atoms with Crippen molar-refractivity contribution >= 4 is 39.3 Å². The van der Waals surface area contributed by atoms with E-state index < -0.39 is 21.7 Å². The maximum Gasteiger partial charge on any atom is 0.261 e. The molecule has 2 heterocycles. The first-order valence-corrected chi connectivity index (χ1v) is 11.9. The van der Waals surface area contributed by atoms with Crippen LogP contribution in [0.4, 0.5) is 11.4 Å². The van der Waals surface area contributed by atoms with Crippen molar-refractivity contribution in [3.05, 3.63) is 53.1 Å². The summed E-state index contributed by atoms with van der Waals surface area (Å²) in [5, 5.41) is 0. The number of nitrogens with zero attached hydrogens (tertiary/aromatic N) is 2. The van der Waals surface area contributed by atoms with Gasteiger partial charge in [-0.1, -0.05) is 6.07 Å². The number of rotatable bonds is 4. The van der Waals surface area contributed by atoms with Gasteiger partial charge < -0.3 is 4.90 Å². The summed E-state index contributed by atoms with van der Waals surface area (Å²) < 4.78 is 28.5. The van der Waals surface area contributed by atoms with Gasteiger partial charge >= 0.3 is 0 Å². The van der Waals surface area contributed by atoms with Gasteiger partial charge in [0.25, 0.3) is 10.0 Å². The Morgan fingerprint density at radius 3 is 2.39 bits per heavy atom. The van der Waals surface area contributed by atoms with Crippen molar-refractivity contribution < 1.29 is 18.0 Å². The highest BCUT2D eigenvalue weighted by Gasteiger charge is 2.34. The largest absolute Gasteiger partial charge is 0.342 e. The van der Waals surface area contributed by atoms with Crippen LogP contribution in [-0.2, 0) is 14.8 Å². The molecule has 1 saturated heterocycles. The molecule has 7 nitrogen and oxygen atoms in total. The molecular formula is C23H25N3O4S. The van der Waals surface area contributed by atoms with Crippen molar-refractivity contribution in [2.75, 3.05) is 17.8 Å². The minimum absolute atomic E-state index is 0.0416. The van der Waals surface area contributed by atoms with Gasteiger partial charge in [-0.25, -0.2) is 8.42 Å². The predicted octanol–water partition coefficient (Wildman–Crippen LogP) is 3.63. The lowest BCUT2D eigenvalue weighted by molar-refractivity contribution is -0.132. The second-order valence-corrected chi connectivity index (χ2v) is 9.85. The number of aliphatic imine (C=N–C) groups is 1. The fourth-order valence-corrected chi connectivity index (χ4v) is 5.18. The number of Topliss-reactive ketones (excluding diaryl/α,β-unsaturated/α-hetero) is 1. The number of hydrogen-bond donors (Lipinski definition) is 1. The summed E-state index contributed by atoms with van der Waals surface area (Å²) in [4.78, 5) is 31.8. The molecule has 4 rings (SSSR count). The molecule has 2 aliphatic rings. The van der Waals surface area contributed by atoms with Gasteiger partial charge in [0, 0.05) is 30.6 Å². The smallest absolute Gasteiger partial charge is 0.261 e. The molecule has 1 amide bonds. The Balaban J connectivity index is 1.61. The number of ketones is 1. The Bertz CT molecular complexity index is 1160. The van der Waals surface area contributed by atoms with Gasteiger partial charge in [-0.3, -0.25) is 19.3 Å². The minimum atomic E-state index is -3.91. The topological polar surface area (TPSA) is 95.9 Å². The first-order valence-electron chi connectivity index (χ1n) is 10.4. The summed E-state index contributed by atoms with van der Waals surface area (Å²) in [6, 6.07) is 9.67. The van der Waals surface area contributed by atoms with Crippen molar-refractivity contribution in [1.29, 1.82) is 0 Å². The highest BCUT2D eigenvalue weighted by atomic mass is 32.2. The fraction of sp³-hybridized carbons (Fsp3) is 0.348. The van der Waals surface area contributed by atoms with Gasteiger partial charge in [-0.15, -0.1) is 0 Å². The number of aryl methyl sites for hydroxylation is 2.